The maximum atomic E-state index is 12.4. The van der Waals surface area contributed by atoms with Gasteiger partial charge in [0.2, 0.25) is 0 Å². The first kappa shape index (κ1) is 20.6. The van der Waals surface area contributed by atoms with E-state index in [0.29, 0.717) is 31.5 Å². The third-order valence-corrected chi connectivity index (χ3v) is 6.68. The van der Waals surface area contributed by atoms with Gasteiger partial charge >= 0.3 is 5.97 Å². The van der Waals surface area contributed by atoms with E-state index in [0.717, 1.165) is 36.4 Å². The van der Waals surface area contributed by atoms with Crippen molar-refractivity contribution < 1.29 is 19.1 Å². The molecule has 30 heavy (non-hydrogen) atoms. The number of esters is 1. The molecule has 0 atom stereocenters. The van der Waals surface area contributed by atoms with Gasteiger partial charge in [-0.3, -0.25) is 14.4 Å². The Kier molecular flexibility index (Phi) is 6.47. The fraction of sp³-hybridized carbons (Fsp3) is 0.435. The van der Waals surface area contributed by atoms with E-state index in [1.54, 1.807) is 12.1 Å². The van der Waals surface area contributed by atoms with Crippen LogP contribution in [0.25, 0.3) is 0 Å². The largest absolute Gasteiger partial charge is 0.461 e. The number of amides is 2. The minimum Gasteiger partial charge on any atom is -0.461 e. The van der Waals surface area contributed by atoms with Crippen molar-refractivity contribution in [1.29, 1.82) is 0 Å². The maximum absolute atomic E-state index is 12.4. The van der Waals surface area contributed by atoms with E-state index < -0.39 is 0 Å². The summed E-state index contributed by atoms with van der Waals surface area (Å²) in [7, 11) is 0. The molecule has 6 nitrogen and oxygen atoms in total. The summed E-state index contributed by atoms with van der Waals surface area (Å²) in [4.78, 5) is 41.7. The molecule has 2 aliphatic rings. The van der Waals surface area contributed by atoms with E-state index in [1.165, 1.54) is 11.3 Å². The molecular weight excluding hydrogens is 400 g/mol. The summed E-state index contributed by atoms with van der Waals surface area (Å²) >= 11 is 1.44. The van der Waals surface area contributed by atoms with Gasteiger partial charge in [0.15, 0.2) is 0 Å². The molecule has 0 unspecified atom stereocenters. The van der Waals surface area contributed by atoms with Crippen LogP contribution in [0.15, 0.2) is 41.8 Å². The summed E-state index contributed by atoms with van der Waals surface area (Å²) in [6.07, 6.45) is 3.39. The van der Waals surface area contributed by atoms with Crippen molar-refractivity contribution in [3.8, 4) is 0 Å². The summed E-state index contributed by atoms with van der Waals surface area (Å²) in [5, 5.41) is 1.90. The van der Waals surface area contributed by atoms with Crippen LogP contribution >= 0.6 is 11.3 Å². The van der Waals surface area contributed by atoms with Crippen molar-refractivity contribution >= 4 is 29.1 Å². The minimum atomic E-state index is -0.213. The van der Waals surface area contributed by atoms with Crippen molar-refractivity contribution in [2.45, 2.75) is 32.3 Å². The Morgan fingerprint density at radius 3 is 2.20 bits per heavy atom. The van der Waals surface area contributed by atoms with Crippen LogP contribution in [0.1, 0.15) is 51.3 Å². The predicted octanol–water partition coefficient (Wildman–Crippen LogP) is 3.58. The summed E-state index contributed by atoms with van der Waals surface area (Å²) < 4.78 is 5.50. The quantitative estimate of drug-likeness (QED) is 0.686. The molecule has 0 spiro atoms. The standard InChI is InChI=1S/C23H26N2O4S/c26-21(24-11-1-2-12-24)18-7-5-17(6-8-18)16-29-23(28)19-9-13-25(14-10-19)22(27)20-4-3-15-30-20/h3-8,15,19H,1-2,9-14,16H2. The van der Waals surface area contributed by atoms with Gasteiger partial charge < -0.3 is 14.5 Å². The lowest BCUT2D eigenvalue weighted by molar-refractivity contribution is -0.151. The first-order valence-corrected chi connectivity index (χ1v) is 11.4. The van der Waals surface area contributed by atoms with Gasteiger partial charge in [0.1, 0.15) is 6.61 Å². The van der Waals surface area contributed by atoms with Gasteiger partial charge in [-0.2, -0.15) is 0 Å². The molecule has 7 heteroatoms. The van der Waals surface area contributed by atoms with Crippen molar-refractivity contribution in [2.24, 2.45) is 5.92 Å². The normalized spacial score (nSPS) is 17.2. The number of hydrogen-bond donors (Lipinski definition) is 0. The molecule has 1 aromatic heterocycles. The average molecular weight is 427 g/mol. The van der Waals surface area contributed by atoms with Crippen LogP contribution < -0.4 is 0 Å². The topological polar surface area (TPSA) is 66.9 Å². The Balaban J connectivity index is 1.23. The molecule has 2 amide bonds. The van der Waals surface area contributed by atoms with Gasteiger partial charge in [0.05, 0.1) is 10.8 Å². The summed E-state index contributed by atoms with van der Waals surface area (Å²) in [5.74, 6) is -0.274. The molecule has 2 fully saturated rings. The minimum absolute atomic E-state index is 0.0420. The molecule has 0 radical (unpaired) electrons. The van der Waals surface area contributed by atoms with Crippen LogP contribution in [0.5, 0.6) is 0 Å². The predicted molar refractivity (Wildman–Crippen MR) is 114 cm³/mol. The summed E-state index contributed by atoms with van der Waals surface area (Å²) in [6, 6.07) is 11.0. The number of hydrogen-bond acceptors (Lipinski definition) is 5. The molecular formula is C23H26N2O4S. The maximum Gasteiger partial charge on any atom is 0.309 e. The first-order chi connectivity index (χ1) is 14.6. The third kappa shape index (κ3) is 4.73. The average Bonchev–Trinajstić information content (AvgIpc) is 3.51. The molecule has 0 bridgehead atoms. The highest BCUT2D eigenvalue weighted by Crippen LogP contribution is 2.22. The van der Waals surface area contributed by atoms with Crippen LogP contribution in [-0.4, -0.2) is 53.8 Å². The zero-order valence-electron chi connectivity index (χ0n) is 16.9. The lowest BCUT2D eigenvalue weighted by atomic mass is 9.97. The number of rotatable bonds is 5. The summed E-state index contributed by atoms with van der Waals surface area (Å²) in [5.41, 5.74) is 1.54. The number of carbonyl (C=O) groups is 3. The Hall–Kier alpha value is -2.67. The lowest BCUT2D eigenvalue weighted by Crippen LogP contribution is -2.40. The Morgan fingerprint density at radius 1 is 0.900 bits per heavy atom. The molecule has 3 heterocycles. The van der Waals surface area contributed by atoms with E-state index in [4.69, 9.17) is 4.74 Å². The monoisotopic (exact) mass is 426 g/mol. The highest BCUT2D eigenvalue weighted by Gasteiger charge is 2.29. The van der Waals surface area contributed by atoms with Gasteiger partial charge in [-0.15, -0.1) is 11.3 Å². The molecule has 2 aliphatic heterocycles. The van der Waals surface area contributed by atoms with Crippen molar-refractivity contribution in [3.05, 3.63) is 57.8 Å². The second kappa shape index (κ2) is 9.43. The molecule has 2 saturated heterocycles. The van der Waals surface area contributed by atoms with E-state index >= 15 is 0 Å². The van der Waals surface area contributed by atoms with Crippen LogP contribution in [0.2, 0.25) is 0 Å². The van der Waals surface area contributed by atoms with E-state index in [1.807, 2.05) is 39.4 Å². The number of thiophene rings is 1. The first-order valence-electron chi connectivity index (χ1n) is 10.5. The molecule has 2 aromatic rings. The number of ether oxygens (including phenoxy) is 1. The smallest absolute Gasteiger partial charge is 0.309 e. The zero-order chi connectivity index (χ0) is 20.9. The molecule has 4 rings (SSSR count). The number of benzene rings is 1. The third-order valence-electron chi connectivity index (χ3n) is 5.82. The number of likely N-dealkylation sites (tertiary alicyclic amines) is 2. The van der Waals surface area contributed by atoms with Crippen LogP contribution in [0, 0.1) is 5.92 Å². The number of nitrogens with zero attached hydrogens (tertiary/aromatic N) is 2. The van der Waals surface area contributed by atoms with Crippen LogP contribution in [0.3, 0.4) is 0 Å². The van der Waals surface area contributed by atoms with Crippen LogP contribution in [0.4, 0.5) is 0 Å². The fourth-order valence-electron chi connectivity index (χ4n) is 3.99. The Bertz CT molecular complexity index is 880. The van der Waals surface area contributed by atoms with Gasteiger partial charge in [-0.25, -0.2) is 0 Å². The SMILES string of the molecule is O=C(OCc1ccc(C(=O)N2CCCC2)cc1)C1CCN(C(=O)c2cccs2)CC1. The molecule has 0 N–H and O–H groups in total. The van der Waals surface area contributed by atoms with Crippen molar-refractivity contribution in [3.63, 3.8) is 0 Å². The highest BCUT2D eigenvalue weighted by atomic mass is 32.1. The van der Waals surface area contributed by atoms with Crippen molar-refractivity contribution in [1.82, 2.24) is 9.80 Å². The van der Waals surface area contributed by atoms with E-state index in [-0.39, 0.29) is 30.3 Å². The fourth-order valence-corrected chi connectivity index (χ4v) is 4.68. The van der Waals surface area contributed by atoms with Gasteiger partial charge in [0.25, 0.3) is 11.8 Å². The summed E-state index contributed by atoms with van der Waals surface area (Å²) in [6.45, 7) is 3.00. The molecule has 158 valence electrons. The Morgan fingerprint density at radius 2 is 1.57 bits per heavy atom. The van der Waals surface area contributed by atoms with Crippen LogP contribution in [-0.2, 0) is 16.1 Å². The van der Waals surface area contributed by atoms with E-state index in [2.05, 4.69) is 0 Å². The van der Waals surface area contributed by atoms with Gasteiger partial charge in [-0.1, -0.05) is 18.2 Å². The Labute approximate surface area is 180 Å². The molecule has 1 aromatic carbocycles. The van der Waals surface area contributed by atoms with E-state index in [9.17, 15) is 14.4 Å². The van der Waals surface area contributed by atoms with Gasteiger partial charge in [-0.05, 0) is 54.8 Å². The lowest BCUT2D eigenvalue weighted by Gasteiger charge is -2.30. The van der Waals surface area contributed by atoms with Crippen molar-refractivity contribution in [2.75, 3.05) is 26.2 Å². The second-order valence-corrected chi connectivity index (χ2v) is 8.80. The molecule has 0 aliphatic carbocycles. The van der Waals surface area contributed by atoms with Gasteiger partial charge in [0, 0.05) is 31.7 Å². The second-order valence-electron chi connectivity index (χ2n) is 7.85. The number of piperidine rings is 1. The number of carbonyl (C=O) groups excluding carboxylic acids is 3. The zero-order valence-corrected chi connectivity index (χ0v) is 17.7. The highest BCUT2D eigenvalue weighted by molar-refractivity contribution is 7.12. The molecule has 0 saturated carbocycles.